The van der Waals surface area contributed by atoms with Crippen molar-refractivity contribution in [1.82, 2.24) is 9.97 Å². The Morgan fingerprint density at radius 1 is 1.09 bits per heavy atom. The lowest BCUT2D eigenvalue weighted by Crippen LogP contribution is -2.16. The van der Waals surface area contributed by atoms with E-state index in [9.17, 15) is 8.42 Å². The zero-order chi connectivity index (χ0) is 17.0. The number of sulfonamides is 1. The third-order valence-corrected chi connectivity index (χ3v) is 4.37. The minimum Gasteiger partial charge on any atom is -0.497 e. The molecule has 0 aliphatic carbocycles. The third-order valence-electron chi connectivity index (χ3n) is 2.95. The normalized spacial score (nSPS) is 11.0. The first kappa shape index (κ1) is 16.8. The molecule has 0 radical (unpaired) electrons. The van der Waals surface area contributed by atoms with Gasteiger partial charge in [-0.3, -0.25) is 4.72 Å². The summed E-state index contributed by atoms with van der Waals surface area (Å²) in [6.07, 6.45) is 2.80. The lowest BCUT2D eigenvalue weighted by Gasteiger charge is -2.13. The second-order valence-corrected chi connectivity index (χ2v) is 6.44. The predicted octanol–water partition coefficient (Wildman–Crippen LogP) is 1.36. The van der Waals surface area contributed by atoms with Crippen molar-refractivity contribution in [2.75, 3.05) is 37.9 Å². The van der Waals surface area contributed by atoms with Crippen LogP contribution in [0, 0.1) is 0 Å². The standard InChI is InChI=1S/C14H18N4O4S/c1-18(2)14-15-8-10(9-16-14)17-23(19,20)13-6-5-11(21-3)7-12(13)22-4/h5-9,17H,1-4H3. The molecule has 2 aromatic rings. The van der Waals surface area contributed by atoms with Crippen molar-refractivity contribution < 1.29 is 17.9 Å². The van der Waals surface area contributed by atoms with Gasteiger partial charge in [0.2, 0.25) is 5.95 Å². The summed E-state index contributed by atoms with van der Waals surface area (Å²) in [6.45, 7) is 0. The molecule has 1 N–H and O–H groups in total. The summed E-state index contributed by atoms with van der Waals surface area (Å²) in [5.41, 5.74) is 0.258. The first-order valence-corrected chi connectivity index (χ1v) is 8.10. The van der Waals surface area contributed by atoms with Crippen LogP contribution in [0.3, 0.4) is 0 Å². The van der Waals surface area contributed by atoms with Gasteiger partial charge in [0, 0.05) is 20.2 Å². The van der Waals surface area contributed by atoms with Crippen LogP contribution in [0.5, 0.6) is 11.5 Å². The molecule has 1 heterocycles. The van der Waals surface area contributed by atoms with Gasteiger partial charge in [0.1, 0.15) is 16.4 Å². The van der Waals surface area contributed by atoms with Crippen LogP contribution >= 0.6 is 0 Å². The molecule has 0 amide bonds. The highest BCUT2D eigenvalue weighted by Crippen LogP contribution is 2.29. The fourth-order valence-corrected chi connectivity index (χ4v) is 2.99. The Kier molecular flexibility index (Phi) is 4.89. The molecule has 0 saturated carbocycles. The molecule has 2 rings (SSSR count). The first-order valence-electron chi connectivity index (χ1n) is 6.61. The highest BCUT2D eigenvalue weighted by Gasteiger charge is 2.20. The fraction of sp³-hybridized carbons (Fsp3) is 0.286. The van der Waals surface area contributed by atoms with E-state index in [0.717, 1.165) is 0 Å². The van der Waals surface area contributed by atoms with Crippen LogP contribution in [0.2, 0.25) is 0 Å². The molecule has 0 bridgehead atoms. The number of ether oxygens (including phenoxy) is 2. The van der Waals surface area contributed by atoms with E-state index in [-0.39, 0.29) is 16.3 Å². The van der Waals surface area contributed by atoms with Gasteiger partial charge in [0.25, 0.3) is 10.0 Å². The topological polar surface area (TPSA) is 93.7 Å². The fourth-order valence-electron chi connectivity index (χ4n) is 1.81. The Morgan fingerprint density at radius 2 is 1.74 bits per heavy atom. The zero-order valence-corrected chi connectivity index (χ0v) is 14.1. The molecule has 124 valence electrons. The average Bonchev–Trinajstić information content (AvgIpc) is 2.54. The van der Waals surface area contributed by atoms with Crippen LogP contribution in [0.15, 0.2) is 35.5 Å². The van der Waals surface area contributed by atoms with Gasteiger partial charge >= 0.3 is 0 Å². The Labute approximate surface area is 135 Å². The Balaban J connectivity index is 2.31. The molecule has 0 spiro atoms. The molecular weight excluding hydrogens is 320 g/mol. The van der Waals surface area contributed by atoms with Gasteiger partial charge in [-0.15, -0.1) is 0 Å². The number of aromatic nitrogens is 2. The summed E-state index contributed by atoms with van der Waals surface area (Å²) in [5.74, 6) is 1.16. The van der Waals surface area contributed by atoms with Gasteiger partial charge in [0.05, 0.1) is 32.3 Å². The first-order chi connectivity index (χ1) is 10.9. The van der Waals surface area contributed by atoms with E-state index in [2.05, 4.69) is 14.7 Å². The molecule has 0 fully saturated rings. The highest BCUT2D eigenvalue weighted by molar-refractivity contribution is 7.92. The second-order valence-electron chi connectivity index (χ2n) is 4.79. The summed E-state index contributed by atoms with van der Waals surface area (Å²) < 4.78 is 37.6. The lowest BCUT2D eigenvalue weighted by molar-refractivity contribution is 0.386. The van der Waals surface area contributed by atoms with Crippen molar-refractivity contribution in [3.63, 3.8) is 0 Å². The SMILES string of the molecule is COc1ccc(S(=O)(=O)Nc2cnc(N(C)C)nc2)c(OC)c1. The average molecular weight is 338 g/mol. The van der Waals surface area contributed by atoms with E-state index < -0.39 is 10.0 Å². The maximum Gasteiger partial charge on any atom is 0.265 e. The number of methoxy groups -OCH3 is 2. The quantitative estimate of drug-likeness (QED) is 0.850. The zero-order valence-electron chi connectivity index (χ0n) is 13.3. The van der Waals surface area contributed by atoms with Gasteiger partial charge in [-0.2, -0.15) is 0 Å². The van der Waals surface area contributed by atoms with Gasteiger partial charge in [-0.25, -0.2) is 18.4 Å². The van der Waals surface area contributed by atoms with E-state index in [1.807, 2.05) is 0 Å². The maximum absolute atomic E-state index is 12.5. The van der Waals surface area contributed by atoms with Crippen molar-refractivity contribution in [2.45, 2.75) is 4.90 Å². The van der Waals surface area contributed by atoms with Gasteiger partial charge in [-0.05, 0) is 12.1 Å². The molecular formula is C14H18N4O4S. The summed E-state index contributed by atoms with van der Waals surface area (Å²) in [7, 11) is 2.63. The summed E-state index contributed by atoms with van der Waals surface area (Å²) in [5, 5.41) is 0. The van der Waals surface area contributed by atoms with Crippen LogP contribution in [0.4, 0.5) is 11.6 Å². The third kappa shape index (κ3) is 3.81. The van der Waals surface area contributed by atoms with Crippen molar-refractivity contribution in [3.05, 3.63) is 30.6 Å². The number of benzene rings is 1. The molecule has 1 aromatic heterocycles. The molecule has 0 aliphatic rings. The van der Waals surface area contributed by atoms with Crippen LogP contribution in [-0.4, -0.2) is 46.7 Å². The number of rotatable bonds is 6. The van der Waals surface area contributed by atoms with E-state index in [0.29, 0.717) is 11.7 Å². The smallest absolute Gasteiger partial charge is 0.265 e. The van der Waals surface area contributed by atoms with Crippen LogP contribution in [0.1, 0.15) is 0 Å². The largest absolute Gasteiger partial charge is 0.497 e. The van der Waals surface area contributed by atoms with E-state index in [1.165, 1.54) is 38.7 Å². The lowest BCUT2D eigenvalue weighted by atomic mass is 10.3. The summed E-state index contributed by atoms with van der Waals surface area (Å²) in [6, 6.07) is 4.46. The molecule has 23 heavy (non-hydrogen) atoms. The Morgan fingerprint density at radius 3 is 2.26 bits per heavy atom. The van der Waals surface area contributed by atoms with Gasteiger partial charge < -0.3 is 14.4 Å². The molecule has 9 heteroatoms. The molecule has 0 atom stereocenters. The maximum atomic E-state index is 12.5. The minimum absolute atomic E-state index is 0.00233. The van der Waals surface area contributed by atoms with Crippen LogP contribution in [0.25, 0.3) is 0 Å². The molecule has 0 unspecified atom stereocenters. The van der Waals surface area contributed by atoms with E-state index in [1.54, 1.807) is 25.1 Å². The predicted molar refractivity (Wildman–Crippen MR) is 86.7 cm³/mol. The minimum atomic E-state index is -3.84. The van der Waals surface area contributed by atoms with Gasteiger partial charge in [-0.1, -0.05) is 0 Å². The second kappa shape index (κ2) is 6.69. The number of anilines is 2. The molecule has 0 aliphatic heterocycles. The van der Waals surface area contributed by atoms with E-state index >= 15 is 0 Å². The van der Waals surface area contributed by atoms with Gasteiger partial charge in [0.15, 0.2) is 0 Å². The van der Waals surface area contributed by atoms with Crippen LogP contribution < -0.4 is 19.1 Å². The molecule has 1 aromatic carbocycles. The Hall–Kier alpha value is -2.55. The summed E-state index contributed by atoms with van der Waals surface area (Å²) >= 11 is 0. The van der Waals surface area contributed by atoms with Crippen molar-refractivity contribution in [1.29, 1.82) is 0 Å². The van der Waals surface area contributed by atoms with Crippen molar-refractivity contribution in [2.24, 2.45) is 0 Å². The number of nitrogens with zero attached hydrogens (tertiary/aromatic N) is 3. The van der Waals surface area contributed by atoms with Crippen molar-refractivity contribution >= 4 is 21.7 Å². The van der Waals surface area contributed by atoms with Crippen molar-refractivity contribution in [3.8, 4) is 11.5 Å². The number of nitrogens with one attached hydrogen (secondary N) is 1. The number of hydrogen-bond donors (Lipinski definition) is 1. The molecule has 8 nitrogen and oxygen atoms in total. The monoisotopic (exact) mass is 338 g/mol. The Bertz CT molecular complexity index is 776. The summed E-state index contributed by atoms with van der Waals surface area (Å²) in [4.78, 5) is 9.84. The highest BCUT2D eigenvalue weighted by atomic mass is 32.2. The van der Waals surface area contributed by atoms with Crippen LogP contribution in [-0.2, 0) is 10.0 Å². The number of hydrogen-bond acceptors (Lipinski definition) is 7. The van der Waals surface area contributed by atoms with E-state index in [4.69, 9.17) is 9.47 Å². The molecule has 0 saturated heterocycles.